The van der Waals surface area contributed by atoms with Crippen LogP contribution in [0.4, 0.5) is 18.9 Å². The summed E-state index contributed by atoms with van der Waals surface area (Å²) < 4.78 is 43.2. The van der Waals surface area contributed by atoms with Crippen molar-refractivity contribution in [3.05, 3.63) is 65.0 Å². The number of hydrogen-bond acceptors (Lipinski definition) is 5. The second kappa shape index (κ2) is 7.91. The molecule has 0 spiro atoms. The topological polar surface area (TPSA) is 94.0 Å². The van der Waals surface area contributed by atoms with E-state index in [-0.39, 0.29) is 11.9 Å². The normalized spacial score (nSPS) is 14.5. The van der Waals surface area contributed by atoms with E-state index in [1.807, 2.05) is 18.2 Å². The van der Waals surface area contributed by atoms with Gasteiger partial charge in [-0.2, -0.15) is 18.2 Å². The number of nitrogens with two attached hydrogens (primary N) is 1. The number of fused-ring (bicyclic) bond motifs is 1. The minimum absolute atomic E-state index is 0.0435. The zero-order valence-electron chi connectivity index (χ0n) is 15.9. The van der Waals surface area contributed by atoms with Crippen molar-refractivity contribution in [3.63, 3.8) is 0 Å². The lowest BCUT2D eigenvalue weighted by molar-refractivity contribution is -0.137. The van der Waals surface area contributed by atoms with Crippen LogP contribution in [0.2, 0.25) is 0 Å². The van der Waals surface area contributed by atoms with E-state index < -0.39 is 11.7 Å². The van der Waals surface area contributed by atoms with E-state index in [1.54, 1.807) is 0 Å². The molecule has 6 nitrogen and oxygen atoms in total. The first-order valence-corrected chi connectivity index (χ1v) is 9.45. The van der Waals surface area contributed by atoms with Gasteiger partial charge in [-0.05, 0) is 54.3 Å². The Morgan fingerprint density at radius 2 is 1.93 bits per heavy atom. The molecule has 1 aliphatic heterocycles. The summed E-state index contributed by atoms with van der Waals surface area (Å²) >= 11 is 0. The molecule has 156 valence electrons. The Morgan fingerprint density at radius 3 is 2.67 bits per heavy atom. The van der Waals surface area contributed by atoms with Crippen LogP contribution in [0.5, 0.6) is 0 Å². The predicted octanol–water partition coefficient (Wildman–Crippen LogP) is 3.75. The second-order valence-corrected chi connectivity index (χ2v) is 7.31. The molecule has 2 aromatic carbocycles. The molecule has 0 bridgehead atoms. The van der Waals surface area contributed by atoms with E-state index in [2.05, 4.69) is 15.5 Å². The third kappa shape index (κ3) is 4.51. The summed E-state index contributed by atoms with van der Waals surface area (Å²) in [5, 5.41) is 6.76. The van der Waals surface area contributed by atoms with Gasteiger partial charge in [0.2, 0.25) is 17.6 Å². The van der Waals surface area contributed by atoms with Gasteiger partial charge in [0.05, 0.1) is 12.0 Å². The molecule has 3 N–H and O–H groups in total. The first kappa shape index (κ1) is 20.1. The number of anilines is 1. The average Bonchev–Trinajstić information content (AvgIpc) is 3.31. The smallest absolute Gasteiger partial charge is 0.339 e. The summed E-state index contributed by atoms with van der Waals surface area (Å²) in [5.41, 5.74) is 8.62. The van der Waals surface area contributed by atoms with Crippen LogP contribution in [-0.2, 0) is 30.2 Å². The largest absolute Gasteiger partial charge is 0.416 e. The van der Waals surface area contributed by atoms with Gasteiger partial charge >= 0.3 is 6.18 Å². The monoisotopic (exact) mass is 416 g/mol. The molecule has 3 aromatic rings. The van der Waals surface area contributed by atoms with Gasteiger partial charge < -0.3 is 15.6 Å². The molecule has 1 atom stereocenters. The first-order chi connectivity index (χ1) is 14.3. The Morgan fingerprint density at radius 1 is 1.17 bits per heavy atom. The second-order valence-electron chi connectivity index (χ2n) is 7.31. The van der Waals surface area contributed by atoms with Crippen LogP contribution >= 0.6 is 0 Å². The first-order valence-electron chi connectivity index (χ1n) is 9.45. The number of amides is 1. The molecule has 1 aromatic heterocycles. The molecule has 0 unspecified atom stereocenters. The number of nitrogens with one attached hydrogen (secondary N) is 1. The summed E-state index contributed by atoms with van der Waals surface area (Å²) in [4.78, 5) is 15.8. The van der Waals surface area contributed by atoms with Crippen molar-refractivity contribution in [2.75, 3.05) is 5.32 Å². The van der Waals surface area contributed by atoms with Crippen molar-refractivity contribution < 1.29 is 22.5 Å². The third-order valence-electron chi connectivity index (χ3n) is 4.96. The zero-order chi connectivity index (χ0) is 21.3. The van der Waals surface area contributed by atoms with Gasteiger partial charge in [-0.3, -0.25) is 4.79 Å². The summed E-state index contributed by atoms with van der Waals surface area (Å²) in [5.74, 6) is 0.823. The number of aryl methyl sites for hydroxylation is 1. The van der Waals surface area contributed by atoms with E-state index in [0.29, 0.717) is 37.4 Å². The quantitative estimate of drug-likeness (QED) is 0.638. The minimum atomic E-state index is -4.35. The summed E-state index contributed by atoms with van der Waals surface area (Å²) in [7, 11) is 0. The maximum Gasteiger partial charge on any atom is 0.416 e. The van der Waals surface area contributed by atoms with Gasteiger partial charge in [0.25, 0.3) is 0 Å². The predicted molar refractivity (Wildman–Crippen MR) is 104 cm³/mol. The maximum atomic E-state index is 12.6. The van der Waals surface area contributed by atoms with Gasteiger partial charge in [-0.1, -0.05) is 17.3 Å². The van der Waals surface area contributed by atoms with Gasteiger partial charge in [-0.25, -0.2) is 0 Å². The Labute approximate surface area is 170 Å². The summed E-state index contributed by atoms with van der Waals surface area (Å²) in [6.45, 7) is 0. The SMILES string of the molecule is N[C@H](CCc1nc(-c2ccc3c(c2)CC(=O)N3)no1)Cc1ccc(C(F)(F)F)cc1. The molecule has 9 heteroatoms. The molecule has 0 aliphatic carbocycles. The standard InChI is InChI=1S/C21H19F3N4O2/c22-21(23,24)15-4-1-12(2-5-15)9-16(25)6-8-19-27-20(28-30-19)13-3-7-17-14(10-13)11-18(29)26-17/h1-5,7,10,16H,6,8-9,11,25H2,(H,26,29)/t16-/m1/s1. The number of halogens is 3. The highest BCUT2D eigenvalue weighted by molar-refractivity contribution is 5.99. The van der Waals surface area contributed by atoms with Crippen LogP contribution in [-0.4, -0.2) is 22.1 Å². The van der Waals surface area contributed by atoms with Crippen molar-refractivity contribution in [2.45, 2.75) is 37.9 Å². The van der Waals surface area contributed by atoms with Crippen molar-refractivity contribution >= 4 is 11.6 Å². The van der Waals surface area contributed by atoms with Crippen molar-refractivity contribution in [1.82, 2.24) is 10.1 Å². The third-order valence-corrected chi connectivity index (χ3v) is 4.96. The number of alkyl halides is 3. The summed E-state index contributed by atoms with van der Waals surface area (Å²) in [6, 6.07) is 10.2. The van der Waals surface area contributed by atoms with Gasteiger partial charge in [0.1, 0.15) is 0 Å². The molecular weight excluding hydrogens is 397 g/mol. The highest BCUT2D eigenvalue weighted by Crippen LogP contribution is 2.30. The molecule has 1 amide bonds. The Bertz CT molecular complexity index is 1060. The molecule has 0 radical (unpaired) electrons. The van der Waals surface area contributed by atoms with E-state index >= 15 is 0 Å². The van der Waals surface area contributed by atoms with Crippen LogP contribution < -0.4 is 11.1 Å². The number of benzene rings is 2. The maximum absolute atomic E-state index is 12.6. The highest BCUT2D eigenvalue weighted by Gasteiger charge is 2.30. The molecule has 0 fully saturated rings. The van der Waals surface area contributed by atoms with Crippen LogP contribution in [0.3, 0.4) is 0 Å². The Hall–Kier alpha value is -3.20. The number of hydrogen-bond donors (Lipinski definition) is 2. The number of carbonyl (C=O) groups is 1. The van der Waals surface area contributed by atoms with Crippen molar-refractivity contribution in [2.24, 2.45) is 5.73 Å². The van der Waals surface area contributed by atoms with E-state index in [4.69, 9.17) is 10.3 Å². The van der Waals surface area contributed by atoms with E-state index in [0.717, 1.165) is 34.5 Å². The fourth-order valence-electron chi connectivity index (χ4n) is 3.39. The lowest BCUT2D eigenvalue weighted by atomic mass is 10.0. The van der Waals surface area contributed by atoms with Gasteiger partial charge in [0, 0.05) is 23.7 Å². The lowest BCUT2D eigenvalue weighted by Gasteiger charge is -2.11. The van der Waals surface area contributed by atoms with E-state index in [1.165, 1.54) is 12.1 Å². The number of aromatic nitrogens is 2. The minimum Gasteiger partial charge on any atom is -0.339 e. The molecular formula is C21H19F3N4O2. The van der Waals surface area contributed by atoms with E-state index in [9.17, 15) is 18.0 Å². The zero-order valence-corrected chi connectivity index (χ0v) is 15.9. The summed E-state index contributed by atoms with van der Waals surface area (Å²) in [6.07, 6.45) is -2.57. The van der Waals surface area contributed by atoms with Crippen molar-refractivity contribution in [1.29, 1.82) is 0 Å². The number of carbonyl (C=O) groups excluding carboxylic acids is 1. The molecule has 1 aliphatic rings. The average molecular weight is 416 g/mol. The van der Waals surface area contributed by atoms with Crippen LogP contribution in [0.1, 0.15) is 29.0 Å². The fraction of sp³-hybridized carbons (Fsp3) is 0.286. The molecule has 2 heterocycles. The molecule has 0 saturated heterocycles. The molecule has 0 saturated carbocycles. The highest BCUT2D eigenvalue weighted by atomic mass is 19.4. The number of rotatable bonds is 6. The molecule has 4 rings (SSSR count). The van der Waals surface area contributed by atoms with Gasteiger partial charge in [0.15, 0.2) is 0 Å². The Balaban J connectivity index is 1.33. The van der Waals surface area contributed by atoms with Crippen LogP contribution in [0.25, 0.3) is 11.4 Å². The fourth-order valence-corrected chi connectivity index (χ4v) is 3.39. The Kier molecular flexibility index (Phi) is 5.29. The molecule has 30 heavy (non-hydrogen) atoms. The van der Waals surface area contributed by atoms with Crippen LogP contribution in [0.15, 0.2) is 47.0 Å². The lowest BCUT2D eigenvalue weighted by Crippen LogP contribution is -2.23. The van der Waals surface area contributed by atoms with Gasteiger partial charge in [-0.15, -0.1) is 0 Å². The van der Waals surface area contributed by atoms with Crippen LogP contribution in [0, 0.1) is 0 Å². The number of nitrogens with zero attached hydrogens (tertiary/aromatic N) is 2. The van der Waals surface area contributed by atoms with Crippen molar-refractivity contribution in [3.8, 4) is 11.4 Å².